The summed E-state index contributed by atoms with van der Waals surface area (Å²) in [6.07, 6.45) is 4.89. The van der Waals surface area contributed by atoms with Crippen LogP contribution in [-0.4, -0.2) is 4.98 Å². The molecule has 1 heteroatoms. The number of aromatic amines is 1. The molecule has 1 aromatic rings. The zero-order valence-corrected chi connectivity index (χ0v) is 6.57. The average Bonchev–Trinajstić information content (AvgIpc) is 2.20. The van der Waals surface area contributed by atoms with Gasteiger partial charge in [-0.3, -0.25) is 0 Å². The molecule has 1 N–H and O–H groups in total. The summed E-state index contributed by atoms with van der Waals surface area (Å²) in [5, 5.41) is 0. The molecule has 1 rings (SSSR count). The Balaban J connectivity index is 2.93. The van der Waals surface area contributed by atoms with Crippen LogP contribution in [0.25, 0.3) is 0 Å². The maximum Gasteiger partial charge on any atom is 0.0217 e. The van der Waals surface area contributed by atoms with Gasteiger partial charge in [-0.05, 0) is 25.0 Å². The van der Waals surface area contributed by atoms with E-state index in [0.717, 1.165) is 6.42 Å². The van der Waals surface area contributed by atoms with Crippen molar-refractivity contribution in [2.24, 2.45) is 0 Å². The van der Waals surface area contributed by atoms with Gasteiger partial charge in [-0.2, -0.15) is 0 Å². The van der Waals surface area contributed by atoms with Crippen molar-refractivity contribution in [3.63, 3.8) is 0 Å². The predicted molar refractivity (Wildman–Crippen MR) is 44.2 cm³/mol. The Labute approximate surface area is 61.8 Å². The first-order valence-electron chi connectivity index (χ1n) is 3.50. The molecule has 0 amide bonds. The topological polar surface area (TPSA) is 15.8 Å². The maximum atomic E-state index is 3.69. The number of aromatic nitrogens is 1. The zero-order chi connectivity index (χ0) is 7.56. The molecule has 0 saturated carbocycles. The van der Waals surface area contributed by atoms with Crippen molar-refractivity contribution in [2.45, 2.75) is 20.3 Å². The Morgan fingerprint density at radius 1 is 1.60 bits per heavy atom. The highest BCUT2D eigenvalue weighted by atomic mass is 14.7. The van der Waals surface area contributed by atoms with E-state index in [1.807, 2.05) is 12.3 Å². The Hall–Kier alpha value is -0.980. The fourth-order valence-electron chi connectivity index (χ4n) is 1.01. The molecule has 0 spiro atoms. The van der Waals surface area contributed by atoms with E-state index in [0.29, 0.717) is 0 Å². The number of rotatable bonds is 2. The van der Waals surface area contributed by atoms with Crippen LogP contribution in [0.2, 0.25) is 0 Å². The second-order valence-corrected chi connectivity index (χ2v) is 2.57. The molecule has 0 aliphatic carbocycles. The van der Waals surface area contributed by atoms with E-state index < -0.39 is 0 Å². The summed E-state index contributed by atoms with van der Waals surface area (Å²) < 4.78 is 0. The van der Waals surface area contributed by atoms with Gasteiger partial charge in [0.25, 0.3) is 0 Å². The van der Waals surface area contributed by atoms with Gasteiger partial charge in [0.05, 0.1) is 0 Å². The van der Waals surface area contributed by atoms with E-state index in [4.69, 9.17) is 0 Å². The lowest BCUT2D eigenvalue weighted by Gasteiger charge is -1.93. The molecule has 0 fully saturated rings. The van der Waals surface area contributed by atoms with E-state index in [9.17, 15) is 0 Å². The Bertz CT molecular complexity index is 233. The van der Waals surface area contributed by atoms with Crippen LogP contribution in [0, 0.1) is 13.8 Å². The number of allylic oxidation sites excluding steroid dienone is 1. The maximum absolute atomic E-state index is 3.69. The van der Waals surface area contributed by atoms with Gasteiger partial charge < -0.3 is 4.98 Å². The van der Waals surface area contributed by atoms with Crippen LogP contribution in [0.15, 0.2) is 18.9 Å². The van der Waals surface area contributed by atoms with E-state index in [1.165, 1.54) is 16.8 Å². The quantitative estimate of drug-likeness (QED) is 0.599. The van der Waals surface area contributed by atoms with Crippen LogP contribution >= 0.6 is 0 Å². The van der Waals surface area contributed by atoms with Gasteiger partial charge in [0.15, 0.2) is 0 Å². The highest BCUT2D eigenvalue weighted by Crippen LogP contribution is 2.11. The van der Waals surface area contributed by atoms with Gasteiger partial charge in [-0.15, -0.1) is 6.58 Å². The molecule has 0 aliphatic rings. The van der Waals surface area contributed by atoms with Gasteiger partial charge in [-0.25, -0.2) is 0 Å². The minimum absolute atomic E-state index is 0.944. The Morgan fingerprint density at radius 3 is 2.70 bits per heavy atom. The number of hydrogen-bond acceptors (Lipinski definition) is 0. The first-order chi connectivity index (χ1) is 4.75. The third-order valence-corrected chi connectivity index (χ3v) is 1.86. The SMILES string of the molecule is C=CCc1[nH]cc(C)c1C. The highest BCUT2D eigenvalue weighted by molar-refractivity contribution is 5.29. The number of hydrogen-bond donors (Lipinski definition) is 1. The van der Waals surface area contributed by atoms with Crippen molar-refractivity contribution < 1.29 is 0 Å². The second kappa shape index (κ2) is 2.74. The van der Waals surface area contributed by atoms with Gasteiger partial charge in [0.1, 0.15) is 0 Å². The first-order valence-corrected chi connectivity index (χ1v) is 3.50. The van der Waals surface area contributed by atoms with Crippen LogP contribution in [0.5, 0.6) is 0 Å². The monoisotopic (exact) mass is 135 g/mol. The summed E-state index contributed by atoms with van der Waals surface area (Å²) in [7, 11) is 0. The molecular weight excluding hydrogens is 122 g/mol. The smallest absolute Gasteiger partial charge is 0.0217 e. The van der Waals surface area contributed by atoms with Crippen LogP contribution < -0.4 is 0 Å². The second-order valence-electron chi connectivity index (χ2n) is 2.57. The van der Waals surface area contributed by atoms with Crippen LogP contribution in [0.1, 0.15) is 16.8 Å². The standard InChI is InChI=1S/C9H13N/c1-4-5-9-8(3)7(2)6-10-9/h4,6,10H,1,5H2,2-3H3. The molecule has 1 nitrogen and oxygen atoms in total. The lowest BCUT2D eigenvalue weighted by molar-refractivity contribution is 1.13. The number of nitrogens with one attached hydrogen (secondary N) is 1. The van der Waals surface area contributed by atoms with E-state index in [1.54, 1.807) is 0 Å². The van der Waals surface area contributed by atoms with Crippen molar-refractivity contribution in [3.05, 3.63) is 35.7 Å². The average molecular weight is 135 g/mol. The van der Waals surface area contributed by atoms with Crippen LogP contribution in [-0.2, 0) is 6.42 Å². The summed E-state index contributed by atoms with van der Waals surface area (Å²) in [5.74, 6) is 0. The van der Waals surface area contributed by atoms with Crippen molar-refractivity contribution in [2.75, 3.05) is 0 Å². The Kier molecular flexibility index (Phi) is 1.95. The summed E-state index contributed by atoms with van der Waals surface area (Å²) in [5.41, 5.74) is 3.98. The van der Waals surface area contributed by atoms with Crippen molar-refractivity contribution in [1.82, 2.24) is 4.98 Å². The molecule has 0 saturated heterocycles. The van der Waals surface area contributed by atoms with Crippen molar-refractivity contribution in [3.8, 4) is 0 Å². The van der Waals surface area contributed by atoms with Gasteiger partial charge in [-0.1, -0.05) is 6.08 Å². The molecule has 0 aliphatic heterocycles. The van der Waals surface area contributed by atoms with Crippen molar-refractivity contribution in [1.29, 1.82) is 0 Å². The molecule has 1 heterocycles. The van der Waals surface area contributed by atoms with Crippen LogP contribution in [0.3, 0.4) is 0 Å². The third-order valence-electron chi connectivity index (χ3n) is 1.86. The minimum atomic E-state index is 0.944. The van der Waals surface area contributed by atoms with Gasteiger partial charge >= 0.3 is 0 Å². The Morgan fingerprint density at radius 2 is 2.30 bits per heavy atom. The molecule has 0 unspecified atom stereocenters. The zero-order valence-electron chi connectivity index (χ0n) is 6.57. The van der Waals surface area contributed by atoms with Gasteiger partial charge in [0.2, 0.25) is 0 Å². The summed E-state index contributed by atoms with van der Waals surface area (Å²) in [4.78, 5) is 3.20. The predicted octanol–water partition coefficient (Wildman–Crippen LogP) is 2.36. The van der Waals surface area contributed by atoms with E-state index >= 15 is 0 Å². The normalized spacial score (nSPS) is 9.80. The highest BCUT2D eigenvalue weighted by Gasteiger charge is 1.99. The minimum Gasteiger partial charge on any atom is -0.364 e. The molecule has 0 bridgehead atoms. The largest absolute Gasteiger partial charge is 0.364 e. The summed E-state index contributed by atoms with van der Waals surface area (Å²) in [6.45, 7) is 7.93. The molecule has 1 aromatic heterocycles. The van der Waals surface area contributed by atoms with E-state index in [2.05, 4.69) is 25.4 Å². The van der Waals surface area contributed by atoms with Gasteiger partial charge in [0, 0.05) is 18.3 Å². The molecule has 10 heavy (non-hydrogen) atoms. The number of aryl methyl sites for hydroxylation is 1. The number of H-pyrrole nitrogens is 1. The lowest BCUT2D eigenvalue weighted by atomic mass is 10.1. The lowest BCUT2D eigenvalue weighted by Crippen LogP contribution is -1.83. The molecule has 0 aromatic carbocycles. The molecular formula is C9H13N. The van der Waals surface area contributed by atoms with E-state index in [-0.39, 0.29) is 0 Å². The fourth-order valence-corrected chi connectivity index (χ4v) is 1.01. The fraction of sp³-hybridized carbons (Fsp3) is 0.333. The summed E-state index contributed by atoms with van der Waals surface area (Å²) in [6, 6.07) is 0. The molecule has 0 radical (unpaired) electrons. The summed E-state index contributed by atoms with van der Waals surface area (Å²) >= 11 is 0. The van der Waals surface area contributed by atoms with Crippen molar-refractivity contribution >= 4 is 0 Å². The first kappa shape index (κ1) is 7.13. The molecule has 0 atom stereocenters. The van der Waals surface area contributed by atoms with Crippen LogP contribution in [0.4, 0.5) is 0 Å². The molecule has 54 valence electrons. The third kappa shape index (κ3) is 1.13.